The van der Waals surface area contributed by atoms with E-state index < -0.39 is 0 Å². The standard InChI is InChI=1S/C21H24N6O3/c1-15-7-8-22-19(11-15)27-20-12-18(25-14-26-20)23-9-10-24-21(28)13-30-17-6-4-3-5-16(17)29-2/h3-8,11-12,14H,9-10,13H2,1-2H3,(H,24,28)(H2,22,23,25,26,27). The highest BCUT2D eigenvalue weighted by Crippen LogP contribution is 2.25. The number of nitrogens with zero attached hydrogens (tertiary/aromatic N) is 3. The smallest absolute Gasteiger partial charge is 0.258 e. The summed E-state index contributed by atoms with van der Waals surface area (Å²) in [6.45, 7) is 2.82. The molecule has 0 spiro atoms. The molecule has 2 aromatic heterocycles. The molecule has 0 saturated carbocycles. The van der Waals surface area contributed by atoms with E-state index in [0.29, 0.717) is 42.0 Å². The molecule has 0 atom stereocenters. The van der Waals surface area contributed by atoms with Gasteiger partial charge in [0.15, 0.2) is 18.1 Å². The van der Waals surface area contributed by atoms with Crippen LogP contribution in [0, 0.1) is 6.92 Å². The summed E-state index contributed by atoms with van der Waals surface area (Å²) in [5.74, 6) is 2.86. The highest BCUT2D eigenvalue weighted by Gasteiger charge is 2.06. The van der Waals surface area contributed by atoms with Gasteiger partial charge < -0.3 is 25.4 Å². The van der Waals surface area contributed by atoms with Crippen molar-refractivity contribution in [2.45, 2.75) is 6.92 Å². The molecule has 0 aliphatic carbocycles. The van der Waals surface area contributed by atoms with Gasteiger partial charge in [0.25, 0.3) is 5.91 Å². The average molecular weight is 408 g/mol. The summed E-state index contributed by atoms with van der Waals surface area (Å²) in [5, 5.41) is 9.06. The molecule has 0 unspecified atom stereocenters. The molecule has 1 aromatic carbocycles. The number of anilines is 3. The van der Waals surface area contributed by atoms with Crippen LogP contribution in [0.5, 0.6) is 11.5 Å². The fourth-order valence-corrected chi connectivity index (χ4v) is 2.58. The zero-order valence-electron chi connectivity index (χ0n) is 16.9. The Morgan fingerprint density at radius 1 is 0.967 bits per heavy atom. The van der Waals surface area contributed by atoms with Crippen molar-refractivity contribution in [3.05, 3.63) is 60.6 Å². The number of methoxy groups -OCH3 is 1. The molecule has 0 fully saturated rings. The van der Waals surface area contributed by atoms with E-state index in [1.165, 1.54) is 6.33 Å². The highest BCUT2D eigenvalue weighted by molar-refractivity contribution is 5.77. The molecule has 9 nitrogen and oxygen atoms in total. The second kappa shape index (κ2) is 10.6. The summed E-state index contributed by atoms with van der Waals surface area (Å²) < 4.78 is 10.7. The van der Waals surface area contributed by atoms with Crippen LogP contribution >= 0.6 is 0 Å². The quantitative estimate of drug-likeness (QED) is 0.439. The number of aromatic nitrogens is 3. The maximum atomic E-state index is 12.0. The van der Waals surface area contributed by atoms with Crippen molar-refractivity contribution in [3.8, 4) is 11.5 Å². The van der Waals surface area contributed by atoms with Gasteiger partial charge in [-0.05, 0) is 36.8 Å². The molecular formula is C21H24N6O3. The maximum absolute atomic E-state index is 12.0. The van der Waals surface area contributed by atoms with Crippen LogP contribution < -0.4 is 25.4 Å². The average Bonchev–Trinajstić information content (AvgIpc) is 2.76. The molecule has 156 valence electrons. The highest BCUT2D eigenvalue weighted by atomic mass is 16.5. The lowest BCUT2D eigenvalue weighted by atomic mass is 10.3. The fraction of sp³-hybridized carbons (Fsp3) is 0.238. The van der Waals surface area contributed by atoms with E-state index in [4.69, 9.17) is 9.47 Å². The summed E-state index contributed by atoms with van der Waals surface area (Å²) in [4.78, 5) is 24.6. The Morgan fingerprint density at radius 3 is 2.53 bits per heavy atom. The van der Waals surface area contributed by atoms with Gasteiger partial charge in [-0.3, -0.25) is 4.79 Å². The normalized spacial score (nSPS) is 10.2. The van der Waals surface area contributed by atoms with Gasteiger partial charge >= 0.3 is 0 Å². The largest absolute Gasteiger partial charge is 0.493 e. The molecule has 30 heavy (non-hydrogen) atoms. The van der Waals surface area contributed by atoms with Gasteiger partial charge in [0.1, 0.15) is 23.8 Å². The number of nitrogens with one attached hydrogen (secondary N) is 3. The molecule has 2 heterocycles. The monoisotopic (exact) mass is 408 g/mol. The summed E-state index contributed by atoms with van der Waals surface area (Å²) in [5.41, 5.74) is 1.10. The third kappa shape index (κ3) is 6.33. The van der Waals surface area contributed by atoms with Gasteiger partial charge in [-0.25, -0.2) is 15.0 Å². The molecule has 0 radical (unpaired) electrons. The Balaban J connectivity index is 1.40. The van der Waals surface area contributed by atoms with Crippen LogP contribution in [-0.2, 0) is 4.79 Å². The van der Waals surface area contributed by atoms with E-state index in [1.54, 1.807) is 31.5 Å². The van der Waals surface area contributed by atoms with Crippen LogP contribution in [0.3, 0.4) is 0 Å². The predicted molar refractivity (Wildman–Crippen MR) is 114 cm³/mol. The van der Waals surface area contributed by atoms with Gasteiger partial charge in [0, 0.05) is 25.4 Å². The Morgan fingerprint density at radius 2 is 1.73 bits per heavy atom. The van der Waals surface area contributed by atoms with Crippen LogP contribution in [0.4, 0.5) is 17.5 Å². The van der Waals surface area contributed by atoms with Gasteiger partial charge in [0.2, 0.25) is 0 Å². The molecule has 3 N–H and O–H groups in total. The number of para-hydroxylation sites is 2. The zero-order chi connectivity index (χ0) is 21.2. The zero-order valence-corrected chi connectivity index (χ0v) is 16.9. The molecule has 0 aliphatic heterocycles. The van der Waals surface area contributed by atoms with Crippen molar-refractivity contribution in [2.75, 3.05) is 37.4 Å². The second-order valence-electron chi connectivity index (χ2n) is 6.35. The van der Waals surface area contributed by atoms with Crippen LogP contribution in [0.1, 0.15) is 5.56 Å². The SMILES string of the molecule is COc1ccccc1OCC(=O)NCCNc1cc(Nc2cc(C)ccn2)ncn1. The van der Waals surface area contributed by atoms with Crippen molar-refractivity contribution >= 4 is 23.4 Å². The lowest BCUT2D eigenvalue weighted by molar-refractivity contribution is -0.123. The number of aryl methyl sites for hydroxylation is 1. The predicted octanol–water partition coefficient (Wildman–Crippen LogP) is 2.54. The van der Waals surface area contributed by atoms with E-state index in [1.807, 2.05) is 31.2 Å². The van der Waals surface area contributed by atoms with Crippen molar-refractivity contribution in [1.82, 2.24) is 20.3 Å². The number of amides is 1. The van der Waals surface area contributed by atoms with Gasteiger partial charge in [-0.1, -0.05) is 12.1 Å². The third-order valence-corrected chi connectivity index (χ3v) is 4.02. The minimum atomic E-state index is -0.224. The Hall–Kier alpha value is -3.88. The first kappa shape index (κ1) is 20.8. The van der Waals surface area contributed by atoms with Crippen molar-refractivity contribution in [2.24, 2.45) is 0 Å². The van der Waals surface area contributed by atoms with Crippen LogP contribution in [0.15, 0.2) is 55.0 Å². The molecular weight excluding hydrogens is 384 g/mol. The number of pyridine rings is 1. The molecule has 0 aliphatic rings. The number of ether oxygens (including phenoxy) is 2. The number of rotatable bonds is 10. The number of hydrogen-bond donors (Lipinski definition) is 3. The molecule has 0 bridgehead atoms. The van der Waals surface area contributed by atoms with E-state index >= 15 is 0 Å². The summed E-state index contributed by atoms with van der Waals surface area (Å²) in [7, 11) is 1.55. The van der Waals surface area contributed by atoms with E-state index in [-0.39, 0.29) is 12.5 Å². The molecule has 1 amide bonds. The van der Waals surface area contributed by atoms with Crippen LogP contribution in [0.25, 0.3) is 0 Å². The molecule has 3 rings (SSSR count). The van der Waals surface area contributed by atoms with Gasteiger partial charge in [0.05, 0.1) is 7.11 Å². The van der Waals surface area contributed by atoms with Gasteiger partial charge in [-0.2, -0.15) is 0 Å². The van der Waals surface area contributed by atoms with Crippen LogP contribution in [-0.4, -0.2) is 47.7 Å². The van der Waals surface area contributed by atoms with E-state index in [2.05, 4.69) is 30.9 Å². The number of carbonyl (C=O) groups excluding carboxylic acids is 1. The summed E-state index contributed by atoms with van der Waals surface area (Å²) >= 11 is 0. The first-order chi connectivity index (χ1) is 14.6. The minimum Gasteiger partial charge on any atom is -0.493 e. The Labute approximate surface area is 174 Å². The van der Waals surface area contributed by atoms with E-state index in [9.17, 15) is 4.79 Å². The topological polar surface area (TPSA) is 110 Å². The van der Waals surface area contributed by atoms with Crippen molar-refractivity contribution in [3.63, 3.8) is 0 Å². The third-order valence-electron chi connectivity index (χ3n) is 4.02. The van der Waals surface area contributed by atoms with Crippen LogP contribution in [0.2, 0.25) is 0 Å². The number of carbonyl (C=O) groups is 1. The molecule has 0 saturated heterocycles. The summed E-state index contributed by atoms with van der Waals surface area (Å²) in [6.07, 6.45) is 3.19. The number of hydrogen-bond acceptors (Lipinski definition) is 8. The Bertz CT molecular complexity index is 982. The van der Waals surface area contributed by atoms with Crippen molar-refractivity contribution < 1.29 is 14.3 Å². The summed E-state index contributed by atoms with van der Waals surface area (Å²) in [6, 6.07) is 12.8. The molecule has 3 aromatic rings. The minimum absolute atomic E-state index is 0.0918. The lowest BCUT2D eigenvalue weighted by Crippen LogP contribution is -2.32. The maximum Gasteiger partial charge on any atom is 0.258 e. The first-order valence-corrected chi connectivity index (χ1v) is 9.42. The van der Waals surface area contributed by atoms with Crippen molar-refractivity contribution in [1.29, 1.82) is 0 Å². The van der Waals surface area contributed by atoms with Gasteiger partial charge in [-0.15, -0.1) is 0 Å². The van der Waals surface area contributed by atoms with E-state index in [0.717, 1.165) is 5.56 Å². The Kier molecular flexibility index (Phi) is 7.37. The molecule has 9 heteroatoms. The lowest BCUT2D eigenvalue weighted by Gasteiger charge is -2.11. The second-order valence-corrected chi connectivity index (χ2v) is 6.35. The number of benzene rings is 1. The first-order valence-electron chi connectivity index (χ1n) is 9.42. The fourth-order valence-electron chi connectivity index (χ4n) is 2.58.